The summed E-state index contributed by atoms with van der Waals surface area (Å²) >= 11 is 0. The van der Waals surface area contributed by atoms with Crippen molar-refractivity contribution in [3.8, 4) is 0 Å². The van der Waals surface area contributed by atoms with E-state index in [-0.39, 0.29) is 51.7 Å². The van der Waals surface area contributed by atoms with Gasteiger partial charge < -0.3 is 70.4 Å². The van der Waals surface area contributed by atoms with Gasteiger partial charge in [0.25, 0.3) is 0 Å². The second kappa shape index (κ2) is 73.4. The monoisotopic (exact) mass is 1100 g/mol. The predicted molar refractivity (Wildman–Crippen MR) is 312 cm³/mol. The summed E-state index contributed by atoms with van der Waals surface area (Å²) in [5.74, 6) is -3.80. The zero-order valence-corrected chi connectivity index (χ0v) is 44.5. The number of carboxylic acid groups (broad SMARTS) is 4. The van der Waals surface area contributed by atoms with E-state index in [1.807, 2.05) is 101 Å². The number of benzene rings is 2. The molecule has 0 atom stereocenters. The lowest BCUT2D eigenvalue weighted by molar-refractivity contribution is -0.147. The van der Waals surface area contributed by atoms with Gasteiger partial charge >= 0.3 is 23.9 Å². The third-order valence-corrected chi connectivity index (χ3v) is 7.64. The van der Waals surface area contributed by atoms with Crippen molar-refractivity contribution in [2.75, 3.05) is 58.9 Å². The third-order valence-electron chi connectivity index (χ3n) is 7.64. The van der Waals surface area contributed by atoms with Crippen LogP contribution in [0.15, 0.2) is 72.8 Å². The van der Waals surface area contributed by atoms with Gasteiger partial charge in [0.2, 0.25) is 23.6 Å². The summed E-state index contributed by atoms with van der Waals surface area (Å²) in [6.07, 6.45) is 13.4. The van der Waals surface area contributed by atoms with Crippen LogP contribution in [0, 0.1) is 0 Å². The molecule has 0 radical (unpaired) electrons. The van der Waals surface area contributed by atoms with Crippen molar-refractivity contribution in [3.63, 3.8) is 0 Å². The summed E-state index contributed by atoms with van der Waals surface area (Å²) < 4.78 is 0. The normalized spacial score (nSPS) is 9.01. The summed E-state index contributed by atoms with van der Waals surface area (Å²) in [5.41, 5.74) is 27.2. The van der Waals surface area contributed by atoms with Gasteiger partial charge in [-0.1, -0.05) is 124 Å². The Hall–Kier alpha value is -6.85. The van der Waals surface area contributed by atoms with Crippen molar-refractivity contribution in [3.05, 3.63) is 83.9 Å². The van der Waals surface area contributed by atoms with E-state index in [4.69, 9.17) is 49.1 Å². The number of carbonyl (C=O) groups is 9. The van der Waals surface area contributed by atoms with Crippen molar-refractivity contribution in [1.29, 1.82) is 0 Å². The van der Waals surface area contributed by atoms with Crippen LogP contribution in [-0.4, -0.2) is 133 Å². The highest BCUT2D eigenvalue weighted by Crippen LogP contribution is 2.03. The molecule has 2 aromatic rings. The van der Waals surface area contributed by atoms with Crippen molar-refractivity contribution < 1.29 is 63.6 Å². The minimum absolute atomic E-state index is 0. The molecule has 0 aliphatic carbocycles. The number of ketones is 1. The molecule has 0 saturated heterocycles. The summed E-state index contributed by atoms with van der Waals surface area (Å²) in [7, 11) is 0. The molecule has 0 aliphatic heterocycles. The topological polar surface area (TPSA) is 413 Å². The largest absolute Gasteiger partial charge is 0.481 e. The van der Waals surface area contributed by atoms with E-state index in [1.54, 1.807) is 12.2 Å². The van der Waals surface area contributed by atoms with Crippen LogP contribution in [0.3, 0.4) is 0 Å². The maximum Gasteiger partial charge on any atom is 0.328 e. The third kappa shape index (κ3) is 92.2. The van der Waals surface area contributed by atoms with Gasteiger partial charge in [-0.2, -0.15) is 0 Å². The number of nitrogens with one attached hydrogen (secondary N) is 4. The molecule has 0 saturated carbocycles. The summed E-state index contributed by atoms with van der Waals surface area (Å²) in [4.78, 5) is 93.2. The van der Waals surface area contributed by atoms with Crippen LogP contribution >= 0.6 is 0 Å². The number of aliphatic carboxylic acids is 4. The minimum Gasteiger partial charge on any atom is -0.481 e. The molecule has 22 heteroatoms. The van der Waals surface area contributed by atoms with Gasteiger partial charge in [-0.3, -0.25) is 38.4 Å². The molecule has 0 fully saturated rings. The van der Waals surface area contributed by atoms with Crippen LogP contribution in [0.1, 0.15) is 151 Å². The lowest BCUT2D eigenvalue weighted by Crippen LogP contribution is -2.28. The SMILES string of the molecule is C.C.C.CCCC(=O)NCCCC(=O)/C=C/c1ccccc1.CCCC(=O)NCCN.CCCC(=O)NCCN.CCCC(=O)NCCN.CCCC(=O)O.NCCN.O=C(O)/C=C/c1ccccc1.O=C(O)CC(=O)O. The van der Waals surface area contributed by atoms with E-state index in [0.29, 0.717) is 104 Å². The Morgan fingerprint density at radius 1 is 0.403 bits per heavy atom. The smallest absolute Gasteiger partial charge is 0.328 e. The molecule has 0 heterocycles. The first-order valence-electron chi connectivity index (χ1n) is 24.7. The molecule has 0 spiro atoms. The first-order valence-corrected chi connectivity index (χ1v) is 24.7. The second-order valence-corrected chi connectivity index (χ2v) is 14.8. The van der Waals surface area contributed by atoms with Crippen molar-refractivity contribution in [1.82, 2.24) is 21.3 Å². The molecule has 0 aromatic heterocycles. The Kier molecular flexibility index (Phi) is 85.5. The van der Waals surface area contributed by atoms with Crippen molar-refractivity contribution >= 4 is 65.4 Å². The molecule has 22 nitrogen and oxygen atoms in total. The summed E-state index contributed by atoms with van der Waals surface area (Å²) in [5, 5.41) is 42.4. The molecule has 18 N–H and O–H groups in total. The zero-order valence-electron chi connectivity index (χ0n) is 44.5. The zero-order chi connectivity index (χ0) is 57.6. The number of rotatable bonds is 27. The molecular formula is C55H103N9O13. The van der Waals surface area contributed by atoms with E-state index in [0.717, 1.165) is 49.3 Å². The van der Waals surface area contributed by atoms with Crippen LogP contribution in [0.4, 0.5) is 0 Å². The van der Waals surface area contributed by atoms with Crippen LogP contribution in [-0.2, 0) is 43.2 Å². The van der Waals surface area contributed by atoms with Gasteiger partial charge in [-0.05, 0) is 61.8 Å². The number of carbonyl (C=O) groups excluding carboxylic acids is 5. The highest BCUT2D eigenvalue weighted by molar-refractivity contribution is 5.93. The van der Waals surface area contributed by atoms with E-state index >= 15 is 0 Å². The maximum absolute atomic E-state index is 11.6. The van der Waals surface area contributed by atoms with Gasteiger partial charge in [-0.15, -0.1) is 0 Å². The van der Waals surface area contributed by atoms with E-state index in [1.165, 1.54) is 0 Å². The quantitative estimate of drug-likeness (QED) is 0.0296. The Labute approximate surface area is 460 Å². The number of hydrogen-bond donors (Lipinski definition) is 13. The Balaban J connectivity index is -0.000000101. The first kappa shape index (κ1) is 89.7. The molecule has 4 amide bonds. The van der Waals surface area contributed by atoms with Gasteiger partial charge in [0.1, 0.15) is 6.42 Å². The van der Waals surface area contributed by atoms with Crippen LogP contribution < -0.4 is 49.9 Å². The van der Waals surface area contributed by atoms with Gasteiger partial charge in [0, 0.05) is 104 Å². The fraction of sp³-hybridized carbons (Fsp3) is 0.545. The number of hydrogen-bond acceptors (Lipinski definition) is 14. The predicted octanol–water partition coefficient (Wildman–Crippen LogP) is 5.56. The first-order chi connectivity index (χ1) is 35.2. The molecule has 2 aromatic carbocycles. The number of amides is 4. The van der Waals surface area contributed by atoms with Gasteiger partial charge in [0.05, 0.1) is 0 Å². The van der Waals surface area contributed by atoms with Crippen LogP contribution in [0.2, 0.25) is 0 Å². The van der Waals surface area contributed by atoms with Crippen molar-refractivity contribution in [2.24, 2.45) is 28.7 Å². The van der Waals surface area contributed by atoms with Gasteiger partial charge in [-0.25, -0.2) is 4.79 Å². The summed E-state index contributed by atoms with van der Waals surface area (Å²) in [6.45, 7) is 14.9. The highest BCUT2D eigenvalue weighted by atomic mass is 16.4. The van der Waals surface area contributed by atoms with Crippen LogP contribution in [0.25, 0.3) is 12.2 Å². The Morgan fingerprint density at radius 2 is 0.701 bits per heavy atom. The number of carboxylic acids is 4. The highest BCUT2D eigenvalue weighted by Gasteiger charge is 2.02. The molecule has 446 valence electrons. The fourth-order valence-corrected chi connectivity index (χ4v) is 4.30. The Bertz CT molecular complexity index is 1700. The average molecular weight is 1100 g/mol. The van der Waals surface area contributed by atoms with Crippen LogP contribution in [0.5, 0.6) is 0 Å². The van der Waals surface area contributed by atoms with E-state index in [9.17, 15) is 43.2 Å². The lowest BCUT2D eigenvalue weighted by Gasteiger charge is -2.02. The molecule has 77 heavy (non-hydrogen) atoms. The molecule has 0 unspecified atom stereocenters. The maximum atomic E-state index is 11.6. The Morgan fingerprint density at radius 3 is 0.922 bits per heavy atom. The summed E-state index contributed by atoms with van der Waals surface area (Å²) in [6, 6.07) is 19.0. The molecule has 0 aliphatic rings. The second-order valence-electron chi connectivity index (χ2n) is 14.8. The lowest BCUT2D eigenvalue weighted by atomic mass is 10.1. The minimum atomic E-state index is -1.31. The molecule has 2 rings (SSSR count). The van der Waals surface area contributed by atoms with Gasteiger partial charge in [0.15, 0.2) is 5.78 Å². The van der Waals surface area contributed by atoms with E-state index in [2.05, 4.69) is 21.3 Å². The molecular weight excluding hydrogens is 995 g/mol. The standard InChI is InChI=1S/C16H21NO2.C9H8O2.3C6H14N2O.C4H8O2.C3H4O4.C2H8N2.3CH4/c1-2-7-16(19)17-13-6-10-15(18)12-11-14-8-4-3-5-9-14;10-9(11)7-6-8-4-2-1-3-5-8;3*1-2-3-6(9)8-5-4-7;1-2-3-4(5)6;4-2(5)1-3(6)7;3-1-2-4;;;/h3-5,8-9,11-12H,2,6-7,10,13H2,1H3,(H,17,19);1-7H,(H,10,11);3*2-5,7H2,1H3,(H,8,9);2-3H2,1H3,(H,5,6);1H2,(H,4,5)(H,6,7);1-4H2;3*1H4/b12-11+;7-6+;;;;;;;;;. The molecule has 0 bridgehead atoms. The van der Waals surface area contributed by atoms with E-state index < -0.39 is 30.3 Å². The fourth-order valence-electron chi connectivity index (χ4n) is 4.30. The van der Waals surface area contributed by atoms with Crippen molar-refractivity contribution in [2.45, 2.75) is 140 Å². The number of nitrogens with two attached hydrogens (primary N) is 5. The number of allylic oxidation sites excluding steroid dienone is 1. The average Bonchev–Trinajstić information content (AvgIpc) is 3.36.